The number of unbranched alkanes of at least 4 members (excludes halogenated alkanes) is 25. The molecule has 7 atom stereocenters. The van der Waals surface area contributed by atoms with Crippen molar-refractivity contribution in [1.29, 1.82) is 0 Å². The van der Waals surface area contributed by atoms with Crippen molar-refractivity contribution in [2.75, 3.05) is 13.2 Å². The summed E-state index contributed by atoms with van der Waals surface area (Å²) in [5, 5.41) is 54.3. The van der Waals surface area contributed by atoms with Crippen LogP contribution >= 0.6 is 0 Å². The number of carbonyl (C=O) groups excluding carboxylic acids is 1. The van der Waals surface area contributed by atoms with Gasteiger partial charge in [-0.05, 0) is 70.6 Å². The zero-order chi connectivity index (χ0) is 48.0. The summed E-state index contributed by atoms with van der Waals surface area (Å²) in [5.74, 6) is -0.188. The molecule has 66 heavy (non-hydrogen) atoms. The van der Waals surface area contributed by atoms with Crippen LogP contribution in [0.15, 0.2) is 72.9 Å². The van der Waals surface area contributed by atoms with Crippen LogP contribution in [0, 0.1) is 0 Å². The summed E-state index contributed by atoms with van der Waals surface area (Å²) in [7, 11) is 0. The van der Waals surface area contributed by atoms with Crippen LogP contribution in [-0.4, -0.2) is 87.5 Å². The van der Waals surface area contributed by atoms with E-state index in [0.717, 1.165) is 64.2 Å². The maximum atomic E-state index is 13.0. The van der Waals surface area contributed by atoms with Crippen molar-refractivity contribution in [2.24, 2.45) is 0 Å². The van der Waals surface area contributed by atoms with Gasteiger partial charge in [-0.3, -0.25) is 4.79 Å². The Morgan fingerprint density at radius 3 is 1.45 bits per heavy atom. The van der Waals surface area contributed by atoms with Crippen molar-refractivity contribution in [3.8, 4) is 0 Å². The highest BCUT2D eigenvalue weighted by Crippen LogP contribution is 2.23. The Morgan fingerprint density at radius 2 is 0.955 bits per heavy atom. The molecule has 0 aromatic heterocycles. The number of hydrogen-bond donors (Lipinski definition) is 6. The third-order valence-electron chi connectivity index (χ3n) is 12.5. The van der Waals surface area contributed by atoms with Gasteiger partial charge in [-0.1, -0.05) is 222 Å². The highest BCUT2D eigenvalue weighted by atomic mass is 16.7. The molecule has 0 aromatic carbocycles. The summed E-state index contributed by atoms with van der Waals surface area (Å²) < 4.78 is 11.2. The molecule has 1 aliphatic rings. The molecular formula is C57H101NO8. The van der Waals surface area contributed by atoms with E-state index in [-0.39, 0.29) is 12.5 Å². The van der Waals surface area contributed by atoms with Gasteiger partial charge in [0, 0.05) is 6.42 Å². The van der Waals surface area contributed by atoms with Gasteiger partial charge in [0.2, 0.25) is 5.91 Å². The van der Waals surface area contributed by atoms with Crippen molar-refractivity contribution in [2.45, 2.75) is 269 Å². The topological polar surface area (TPSA) is 149 Å². The number of carbonyl (C=O) groups is 1. The van der Waals surface area contributed by atoms with Crippen molar-refractivity contribution in [3.05, 3.63) is 72.9 Å². The van der Waals surface area contributed by atoms with Gasteiger partial charge in [0.1, 0.15) is 24.4 Å². The van der Waals surface area contributed by atoms with Crippen molar-refractivity contribution in [1.82, 2.24) is 5.32 Å². The molecule has 1 aliphatic heterocycles. The lowest BCUT2D eigenvalue weighted by molar-refractivity contribution is -0.302. The second kappa shape index (κ2) is 46.4. The van der Waals surface area contributed by atoms with Crippen LogP contribution in [0.3, 0.4) is 0 Å². The number of hydrogen-bond acceptors (Lipinski definition) is 8. The zero-order valence-electron chi connectivity index (χ0n) is 42.2. The van der Waals surface area contributed by atoms with Gasteiger partial charge in [-0.15, -0.1) is 0 Å². The molecule has 9 heteroatoms. The minimum absolute atomic E-state index is 0.188. The molecule has 0 aromatic rings. The number of aliphatic hydroxyl groups is 5. The lowest BCUT2D eigenvalue weighted by Gasteiger charge is -2.40. The first-order valence-electron chi connectivity index (χ1n) is 27.2. The Bertz CT molecular complexity index is 1260. The Morgan fingerprint density at radius 1 is 0.530 bits per heavy atom. The van der Waals surface area contributed by atoms with Crippen LogP contribution in [0.1, 0.15) is 226 Å². The molecule has 0 spiro atoms. The molecule has 0 saturated carbocycles. The lowest BCUT2D eigenvalue weighted by Crippen LogP contribution is -2.60. The second-order valence-corrected chi connectivity index (χ2v) is 18.6. The van der Waals surface area contributed by atoms with Crippen LogP contribution in [0.4, 0.5) is 0 Å². The van der Waals surface area contributed by atoms with E-state index in [4.69, 9.17) is 9.47 Å². The fraction of sp³-hybridized carbons (Fsp3) is 0.772. The first-order valence-corrected chi connectivity index (χ1v) is 27.2. The van der Waals surface area contributed by atoms with Crippen molar-refractivity contribution in [3.63, 3.8) is 0 Å². The van der Waals surface area contributed by atoms with Crippen LogP contribution in [-0.2, 0) is 14.3 Å². The lowest BCUT2D eigenvalue weighted by atomic mass is 9.99. The fourth-order valence-corrected chi connectivity index (χ4v) is 8.22. The SMILES string of the molecule is CC/C=C\C/C=C\C/C=C\C/C=C\CCCCCCCCCCCCCCCCCCC(=O)NC(COC1OC(CO)C(O)C(O)C1O)C(O)/C=C/CC/C=C/CCCCCCCCCC. The van der Waals surface area contributed by atoms with E-state index >= 15 is 0 Å². The maximum Gasteiger partial charge on any atom is 0.220 e. The maximum absolute atomic E-state index is 13.0. The van der Waals surface area contributed by atoms with Gasteiger partial charge in [-0.25, -0.2) is 0 Å². The summed E-state index contributed by atoms with van der Waals surface area (Å²) in [6, 6.07) is -0.823. The molecule has 1 amide bonds. The minimum atomic E-state index is -1.57. The van der Waals surface area contributed by atoms with Crippen LogP contribution in [0.25, 0.3) is 0 Å². The summed E-state index contributed by atoms with van der Waals surface area (Å²) in [6.07, 6.45) is 56.8. The number of rotatable bonds is 45. The Kier molecular flexibility index (Phi) is 43.3. The summed E-state index contributed by atoms with van der Waals surface area (Å²) in [4.78, 5) is 13.0. The molecule has 0 aliphatic carbocycles. The highest BCUT2D eigenvalue weighted by Gasteiger charge is 2.44. The van der Waals surface area contributed by atoms with Gasteiger partial charge in [0.05, 0.1) is 25.4 Å². The van der Waals surface area contributed by atoms with Gasteiger partial charge in [0.15, 0.2) is 6.29 Å². The van der Waals surface area contributed by atoms with Gasteiger partial charge in [0.25, 0.3) is 0 Å². The molecule has 0 radical (unpaired) electrons. The fourth-order valence-electron chi connectivity index (χ4n) is 8.22. The Hall–Kier alpha value is -2.37. The predicted octanol–water partition coefficient (Wildman–Crippen LogP) is 12.9. The van der Waals surface area contributed by atoms with Gasteiger partial charge >= 0.3 is 0 Å². The summed E-state index contributed by atoms with van der Waals surface area (Å²) in [5.41, 5.74) is 0. The zero-order valence-corrected chi connectivity index (χ0v) is 42.2. The van der Waals surface area contributed by atoms with E-state index in [2.05, 4.69) is 79.9 Å². The monoisotopic (exact) mass is 928 g/mol. The molecule has 1 saturated heterocycles. The van der Waals surface area contributed by atoms with E-state index in [1.807, 2.05) is 6.08 Å². The minimum Gasteiger partial charge on any atom is -0.394 e. The molecule has 6 N–H and O–H groups in total. The van der Waals surface area contributed by atoms with Crippen LogP contribution < -0.4 is 5.32 Å². The Labute approximate surface area is 404 Å². The summed E-state index contributed by atoms with van der Waals surface area (Å²) >= 11 is 0. The standard InChI is InChI=1S/C57H101NO8/c1-3-5-7-9-11-13-15-17-19-20-21-22-23-24-25-26-27-28-29-30-31-32-33-35-37-39-41-43-45-47-53(61)58-50(49-65-57-56(64)55(63)54(62)52(48-59)66-57)51(60)46-44-42-40-38-36-34-18-16-14-12-10-8-6-4-2/h5,7,11,13,17,19,21-22,36,38,44,46,50-52,54-57,59-60,62-64H,3-4,6,8-10,12,14-16,18,20,23-35,37,39-43,45,47-49H2,1-2H3,(H,58,61)/b7-5-,13-11-,19-17-,22-21-,38-36+,46-44+. The van der Waals surface area contributed by atoms with E-state index < -0.39 is 49.5 Å². The van der Waals surface area contributed by atoms with Gasteiger partial charge < -0.3 is 40.3 Å². The molecular weight excluding hydrogens is 827 g/mol. The van der Waals surface area contributed by atoms with Crippen molar-refractivity contribution < 1.29 is 39.8 Å². The second-order valence-electron chi connectivity index (χ2n) is 18.6. The van der Waals surface area contributed by atoms with Crippen LogP contribution in [0.2, 0.25) is 0 Å². The number of nitrogens with one attached hydrogen (secondary N) is 1. The number of allylic oxidation sites excluding steroid dienone is 11. The predicted molar refractivity (Wildman–Crippen MR) is 276 cm³/mol. The first kappa shape index (κ1) is 61.6. The molecule has 1 rings (SSSR count). The summed E-state index contributed by atoms with van der Waals surface area (Å²) in [6.45, 7) is 3.64. The quantitative estimate of drug-likeness (QED) is 0.0261. The normalized spacial score (nSPS) is 20.4. The van der Waals surface area contributed by atoms with E-state index in [1.165, 1.54) is 141 Å². The molecule has 0 bridgehead atoms. The number of ether oxygens (including phenoxy) is 2. The smallest absolute Gasteiger partial charge is 0.220 e. The Balaban J connectivity index is 2.20. The van der Waals surface area contributed by atoms with Gasteiger partial charge in [-0.2, -0.15) is 0 Å². The number of aliphatic hydroxyl groups excluding tert-OH is 5. The third-order valence-corrected chi connectivity index (χ3v) is 12.5. The molecule has 9 nitrogen and oxygen atoms in total. The van der Waals surface area contributed by atoms with E-state index in [0.29, 0.717) is 6.42 Å². The molecule has 1 heterocycles. The first-order chi connectivity index (χ1) is 32.3. The van der Waals surface area contributed by atoms with E-state index in [9.17, 15) is 30.3 Å². The largest absolute Gasteiger partial charge is 0.394 e. The van der Waals surface area contributed by atoms with E-state index in [1.54, 1.807) is 6.08 Å². The highest BCUT2D eigenvalue weighted by molar-refractivity contribution is 5.76. The van der Waals surface area contributed by atoms with Crippen LogP contribution in [0.5, 0.6) is 0 Å². The molecule has 1 fully saturated rings. The molecule has 7 unspecified atom stereocenters. The number of amides is 1. The van der Waals surface area contributed by atoms with Crippen molar-refractivity contribution >= 4 is 5.91 Å². The third kappa shape index (κ3) is 35.7. The molecule has 382 valence electrons. The average molecular weight is 928 g/mol. The average Bonchev–Trinajstić information content (AvgIpc) is 3.32.